The number of thioether (sulfide) groups is 1. The van der Waals surface area contributed by atoms with E-state index in [1.54, 1.807) is 50.4 Å². The lowest BCUT2D eigenvalue weighted by atomic mass is 10.2. The molecule has 0 spiro atoms. The van der Waals surface area contributed by atoms with Gasteiger partial charge in [0.1, 0.15) is 12.1 Å². The Labute approximate surface area is 190 Å². The first-order chi connectivity index (χ1) is 15.6. The molecule has 0 saturated carbocycles. The Morgan fingerprint density at radius 2 is 1.84 bits per heavy atom. The van der Waals surface area contributed by atoms with Gasteiger partial charge in [-0.05, 0) is 36.8 Å². The number of ether oxygens (including phenoxy) is 2. The summed E-state index contributed by atoms with van der Waals surface area (Å²) in [6, 6.07) is 17.4. The van der Waals surface area contributed by atoms with Crippen molar-refractivity contribution in [2.24, 2.45) is 0 Å². The number of nitrogens with one attached hydrogen (secondary N) is 1. The van der Waals surface area contributed by atoms with E-state index in [0.29, 0.717) is 22.8 Å². The molecule has 0 atom stereocenters. The predicted octanol–water partition coefficient (Wildman–Crippen LogP) is 4.69. The average Bonchev–Trinajstić information content (AvgIpc) is 3.15. The lowest BCUT2D eigenvalue weighted by molar-refractivity contribution is -0.116. The minimum absolute atomic E-state index is 0.0953. The van der Waals surface area contributed by atoms with E-state index in [1.807, 2.05) is 16.7 Å². The van der Waals surface area contributed by atoms with Crippen LogP contribution in [0.3, 0.4) is 0 Å². The minimum Gasteiger partial charge on any atom is -0.493 e. The number of rotatable bonds is 8. The molecule has 0 aliphatic carbocycles. The van der Waals surface area contributed by atoms with Crippen LogP contribution in [0.2, 0.25) is 0 Å². The molecule has 2 aromatic carbocycles. The number of aryl methyl sites for hydroxylation is 1. The van der Waals surface area contributed by atoms with Gasteiger partial charge in [-0.3, -0.25) is 9.36 Å². The van der Waals surface area contributed by atoms with Crippen LogP contribution in [-0.2, 0) is 17.1 Å². The van der Waals surface area contributed by atoms with E-state index in [2.05, 4.69) is 41.5 Å². The van der Waals surface area contributed by atoms with Gasteiger partial charge in [0.05, 0.1) is 14.2 Å². The summed E-state index contributed by atoms with van der Waals surface area (Å²) < 4.78 is 12.4. The summed E-state index contributed by atoms with van der Waals surface area (Å²) in [4.78, 5) is 22.0. The lowest BCUT2D eigenvalue weighted by Gasteiger charge is -2.12. The molecular formula is C24H24N4O3S. The molecule has 4 rings (SSSR count). The highest BCUT2D eigenvalue weighted by molar-refractivity contribution is 7.98. The Kier molecular flexibility index (Phi) is 6.61. The van der Waals surface area contributed by atoms with Crippen LogP contribution in [0.4, 0.5) is 5.69 Å². The number of hydrogen-bond donors (Lipinski definition) is 1. The van der Waals surface area contributed by atoms with Crippen LogP contribution in [0.15, 0.2) is 66.0 Å². The van der Waals surface area contributed by atoms with Crippen molar-refractivity contribution in [2.75, 3.05) is 19.5 Å². The molecule has 1 amide bonds. The van der Waals surface area contributed by atoms with Crippen molar-refractivity contribution in [1.82, 2.24) is 14.5 Å². The van der Waals surface area contributed by atoms with E-state index in [9.17, 15) is 4.79 Å². The largest absolute Gasteiger partial charge is 0.493 e. The van der Waals surface area contributed by atoms with Gasteiger partial charge in [-0.25, -0.2) is 9.97 Å². The number of imidazole rings is 1. The van der Waals surface area contributed by atoms with Gasteiger partial charge >= 0.3 is 0 Å². The number of methoxy groups -OCH3 is 2. The molecule has 0 aliphatic heterocycles. The van der Waals surface area contributed by atoms with Crippen LogP contribution in [0.1, 0.15) is 11.1 Å². The van der Waals surface area contributed by atoms with Gasteiger partial charge in [0.25, 0.3) is 0 Å². The van der Waals surface area contributed by atoms with Crippen LogP contribution < -0.4 is 14.8 Å². The summed E-state index contributed by atoms with van der Waals surface area (Å²) >= 11 is 1.59. The number of amides is 1. The van der Waals surface area contributed by atoms with Crippen LogP contribution in [0, 0.1) is 6.92 Å². The second kappa shape index (κ2) is 9.74. The first-order valence-electron chi connectivity index (χ1n) is 10.1. The molecule has 4 aromatic rings. The third kappa shape index (κ3) is 4.86. The molecule has 8 heteroatoms. The Balaban J connectivity index is 1.54. The number of nitrogens with zero attached hydrogens (tertiary/aromatic N) is 3. The molecule has 0 saturated heterocycles. The monoisotopic (exact) mass is 448 g/mol. The highest BCUT2D eigenvalue weighted by atomic mass is 32.2. The highest BCUT2D eigenvalue weighted by Crippen LogP contribution is 2.30. The molecule has 0 fully saturated rings. The quantitative estimate of drug-likeness (QED) is 0.394. The Morgan fingerprint density at radius 3 is 2.59 bits per heavy atom. The minimum atomic E-state index is -0.181. The van der Waals surface area contributed by atoms with Crippen molar-refractivity contribution in [3.63, 3.8) is 0 Å². The average molecular weight is 449 g/mol. The summed E-state index contributed by atoms with van der Waals surface area (Å²) in [6.07, 6.45) is 1.71. The lowest BCUT2D eigenvalue weighted by Crippen LogP contribution is -2.19. The standard InChI is InChI=1S/C24H24N4O3S/c1-16-6-8-17(9-7-16)15-32-24-27-19-5-4-12-25-23(19)28(24)14-22(29)26-18-10-11-20(30-2)21(13-18)31-3/h4-13H,14-15H2,1-3H3,(H,26,29). The molecule has 1 N–H and O–H groups in total. The van der Waals surface area contributed by atoms with Crippen LogP contribution in [0.5, 0.6) is 11.5 Å². The van der Waals surface area contributed by atoms with Gasteiger partial charge < -0.3 is 14.8 Å². The molecule has 0 unspecified atom stereocenters. The number of hydrogen-bond acceptors (Lipinski definition) is 6. The van der Waals surface area contributed by atoms with Gasteiger partial charge in [0, 0.05) is 23.7 Å². The zero-order valence-electron chi connectivity index (χ0n) is 18.2. The fourth-order valence-corrected chi connectivity index (χ4v) is 4.24. The normalized spacial score (nSPS) is 10.8. The van der Waals surface area contributed by atoms with Gasteiger partial charge in [-0.1, -0.05) is 41.6 Å². The number of aromatic nitrogens is 3. The van der Waals surface area contributed by atoms with Gasteiger partial charge in [0.2, 0.25) is 5.91 Å². The smallest absolute Gasteiger partial charge is 0.244 e. The third-order valence-corrected chi connectivity index (χ3v) is 5.97. The summed E-state index contributed by atoms with van der Waals surface area (Å²) in [5.74, 6) is 1.72. The first kappa shape index (κ1) is 21.7. The van der Waals surface area contributed by atoms with E-state index in [-0.39, 0.29) is 12.5 Å². The van der Waals surface area contributed by atoms with E-state index in [4.69, 9.17) is 14.5 Å². The fraction of sp³-hybridized carbons (Fsp3) is 0.208. The SMILES string of the molecule is COc1ccc(NC(=O)Cn2c(SCc3ccc(C)cc3)nc3cccnc32)cc1OC. The van der Waals surface area contributed by atoms with Crippen molar-refractivity contribution in [3.8, 4) is 11.5 Å². The molecule has 0 aliphatic rings. The van der Waals surface area contributed by atoms with E-state index in [1.165, 1.54) is 11.1 Å². The van der Waals surface area contributed by atoms with E-state index in [0.717, 1.165) is 16.4 Å². The highest BCUT2D eigenvalue weighted by Gasteiger charge is 2.16. The van der Waals surface area contributed by atoms with Crippen LogP contribution in [-0.4, -0.2) is 34.7 Å². The van der Waals surface area contributed by atoms with Crippen molar-refractivity contribution in [1.29, 1.82) is 0 Å². The summed E-state index contributed by atoms with van der Waals surface area (Å²) in [5.41, 5.74) is 4.49. The molecule has 0 bridgehead atoms. The zero-order valence-corrected chi connectivity index (χ0v) is 19.0. The number of carbonyl (C=O) groups is 1. The van der Waals surface area contributed by atoms with Crippen LogP contribution in [0.25, 0.3) is 11.2 Å². The molecule has 2 aromatic heterocycles. The molecule has 0 radical (unpaired) electrons. The number of carbonyl (C=O) groups excluding carboxylic acids is 1. The molecule has 2 heterocycles. The van der Waals surface area contributed by atoms with Gasteiger partial charge in [-0.2, -0.15) is 0 Å². The number of anilines is 1. The summed E-state index contributed by atoms with van der Waals surface area (Å²) in [7, 11) is 3.13. The maximum atomic E-state index is 12.9. The first-order valence-corrected chi connectivity index (χ1v) is 11.1. The van der Waals surface area contributed by atoms with Gasteiger partial charge in [-0.15, -0.1) is 0 Å². The predicted molar refractivity (Wildman–Crippen MR) is 126 cm³/mol. The second-order valence-electron chi connectivity index (χ2n) is 7.22. The molecular weight excluding hydrogens is 424 g/mol. The Hall–Kier alpha value is -3.52. The van der Waals surface area contributed by atoms with E-state index >= 15 is 0 Å². The second-order valence-corrected chi connectivity index (χ2v) is 8.16. The molecule has 7 nitrogen and oxygen atoms in total. The third-order valence-electron chi connectivity index (χ3n) is 4.93. The van der Waals surface area contributed by atoms with Crippen molar-refractivity contribution in [3.05, 3.63) is 71.9 Å². The number of benzene rings is 2. The van der Waals surface area contributed by atoms with Crippen LogP contribution >= 0.6 is 11.8 Å². The summed E-state index contributed by atoms with van der Waals surface area (Å²) in [5, 5.41) is 3.67. The fourth-order valence-electron chi connectivity index (χ4n) is 3.28. The summed E-state index contributed by atoms with van der Waals surface area (Å²) in [6.45, 7) is 2.16. The molecule has 164 valence electrons. The molecule has 32 heavy (non-hydrogen) atoms. The Morgan fingerprint density at radius 1 is 1.06 bits per heavy atom. The van der Waals surface area contributed by atoms with Crippen molar-refractivity contribution in [2.45, 2.75) is 24.4 Å². The maximum absolute atomic E-state index is 12.9. The van der Waals surface area contributed by atoms with E-state index < -0.39 is 0 Å². The number of fused-ring (bicyclic) bond motifs is 1. The van der Waals surface area contributed by atoms with Crippen molar-refractivity contribution < 1.29 is 14.3 Å². The van der Waals surface area contributed by atoms with Gasteiger partial charge in [0.15, 0.2) is 22.3 Å². The van der Waals surface area contributed by atoms with Crippen molar-refractivity contribution >= 4 is 34.5 Å². The number of pyridine rings is 1. The zero-order chi connectivity index (χ0) is 22.5. The topological polar surface area (TPSA) is 78.3 Å². The Bertz CT molecular complexity index is 1240. The maximum Gasteiger partial charge on any atom is 0.244 e.